The minimum Gasteiger partial charge on any atom is -0.381 e. The number of ether oxygens (including phenoxy) is 1. The molecule has 0 aromatic heterocycles. The molecule has 190 valence electrons. The van der Waals surface area contributed by atoms with Gasteiger partial charge in [-0.2, -0.15) is 0 Å². The van der Waals surface area contributed by atoms with Gasteiger partial charge in [0.15, 0.2) is 0 Å². The zero-order valence-electron chi connectivity index (χ0n) is 21.2. The average molecular weight is 507 g/mol. The molecule has 1 fully saturated rings. The number of hydrogen-bond acceptors (Lipinski definition) is 4. The van der Waals surface area contributed by atoms with Gasteiger partial charge in [-0.1, -0.05) is 54.1 Å². The number of aryl methyl sites for hydroxylation is 3. The summed E-state index contributed by atoms with van der Waals surface area (Å²) in [5.74, 6) is -0.341. The molecule has 0 saturated carbocycles. The Labute approximate surface area is 214 Å². The molecule has 1 aliphatic rings. The second-order valence-corrected chi connectivity index (χ2v) is 11.6. The number of nitrogens with zero attached hydrogens (tertiary/aromatic N) is 1. The molecule has 1 N–H and O–H groups in total. The van der Waals surface area contributed by atoms with Crippen LogP contribution in [0.2, 0.25) is 0 Å². The second-order valence-electron chi connectivity index (χ2n) is 9.71. The number of nitrogens with one attached hydrogen (secondary N) is 1. The highest BCUT2D eigenvalue weighted by Gasteiger charge is 2.35. The van der Waals surface area contributed by atoms with Crippen LogP contribution in [0.1, 0.15) is 35.1 Å². The molecule has 1 aliphatic heterocycles. The summed E-state index contributed by atoms with van der Waals surface area (Å²) < 4.78 is 34.3. The van der Waals surface area contributed by atoms with E-state index < -0.39 is 10.0 Å². The maximum absolute atomic E-state index is 13.7. The van der Waals surface area contributed by atoms with Gasteiger partial charge in [0.25, 0.3) is 10.0 Å². The fourth-order valence-electron chi connectivity index (χ4n) is 4.82. The fourth-order valence-corrected chi connectivity index (χ4v) is 6.23. The number of rotatable bonds is 8. The Hall–Kier alpha value is -3.16. The number of amides is 1. The van der Waals surface area contributed by atoms with E-state index in [0.29, 0.717) is 25.4 Å². The first-order valence-electron chi connectivity index (χ1n) is 12.3. The van der Waals surface area contributed by atoms with Crippen molar-refractivity contribution in [1.29, 1.82) is 0 Å². The van der Waals surface area contributed by atoms with Gasteiger partial charge in [0.1, 0.15) is 6.54 Å². The van der Waals surface area contributed by atoms with E-state index in [4.69, 9.17) is 4.74 Å². The van der Waals surface area contributed by atoms with Crippen molar-refractivity contribution in [3.05, 3.63) is 95.1 Å². The number of benzene rings is 3. The van der Waals surface area contributed by atoms with Crippen LogP contribution in [0, 0.1) is 20.8 Å². The van der Waals surface area contributed by atoms with Gasteiger partial charge >= 0.3 is 0 Å². The van der Waals surface area contributed by atoms with Crippen LogP contribution < -0.4 is 9.62 Å². The molecule has 4 rings (SSSR count). The molecule has 1 saturated heterocycles. The molecule has 0 atom stereocenters. The molecule has 0 aliphatic carbocycles. The lowest BCUT2D eigenvalue weighted by Crippen LogP contribution is -2.48. The molecular weight excluding hydrogens is 472 g/mol. The largest absolute Gasteiger partial charge is 0.381 e. The van der Waals surface area contributed by atoms with Crippen LogP contribution in [0.3, 0.4) is 0 Å². The third-order valence-corrected chi connectivity index (χ3v) is 8.64. The topological polar surface area (TPSA) is 75.7 Å². The number of anilines is 1. The first-order chi connectivity index (χ1) is 17.2. The Morgan fingerprint density at radius 2 is 1.50 bits per heavy atom. The van der Waals surface area contributed by atoms with Gasteiger partial charge in [-0.3, -0.25) is 9.10 Å². The molecule has 1 heterocycles. The Bertz CT molecular complexity index is 1280. The third-order valence-electron chi connectivity index (χ3n) is 6.85. The molecule has 3 aromatic rings. The van der Waals surface area contributed by atoms with E-state index in [1.807, 2.05) is 45.0 Å². The first kappa shape index (κ1) is 25.9. The molecule has 7 heteroatoms. The summed E-state index contributed by atoms with van der Waals surface area (Å²) in [5, 5.41) is 3.05. The number of carbonyl (C=O) groups excluding carboxylic acids is 1. The Morgan fingerprint density at radius 1 is 0.889 bits per heavy atom. The molecule has 0 bridgehead atoms. The normalized spacial score (nSPS) is 15.3. The van der Waals surface area contributed by atoms with E-state index in [0.717, 1.165) is 35.1 Å². The minimum atomic E-state index is -3.96. The molecule has 36 heavy (non-hydrogen) atoms. The van der Waals surface area contributed by atoms with E-state index >= 15 is 0 Å². The lowest BCUT2D eigenvalue weighted by molar-refractivity contribution is -0.120. The first-order valence-corrected chi connectivity index (χ1v) is 13.7. The summed E-state index contributed by atoms with van der Waals surface area (Å²) in [5.41, 5.74) is 4.22. The van der Waals surface area contributed by atoms with Crippen LogP contribution in [0.5, 0.6) is 0 Å². The van der Waals surface area contributed by atoms with Crippen molar-refractivity contribution in [2.75, 3.05) is 30.6 Å². The minimum absolute atomic E-state index is 0.158. The van der Waals surface area contributed by atoms with Gasteiger partial charge in [0.2, 0.25) is 5.91 Å². The van der Waals surface area contributed by atoms with Crippen LogP contribution in [0.15, 0.2) is 77.7 Å². The van der Waals surface area contributed by atoms with Crippen LogP contribution in [-0.2, 0) is 25.0 Å². The van der Waals surface area contributed by atoms with Crippen molar-refractivity contribution in [2.45, 2.75) is 43.9 Å². The summed E-state index contributed by atoms with van der Waals surface area (Å²) in [7, 11) is -3.96. The molecule has 0 spiro atoms. The van der Waals surface area contributed by atoms with Crippen molar-refractivity contribution < 1.29 is 17.9 Å². The van der Waals surface area contributed by atoms with Crippen molar-refractivity contribution in [1.82, 2.24) is 5.32 Å². The van der Waals surface area contributed by atoms with Gasteiger partial charge in [-0.25, -0.2) is 8.42 Å². The molecule has 6 nitrogen and oxygen atoms in total. The van der Waals surface area contributed by atoms with Gasteiger partial charge in [0.05, 0.1) is 10.6 Å². The van der Waals surface area contributed by atoms with E-state index in [9.17, 15) is 13.2 Å². The van der Waals surface area contributed by atoms with Gasteiger partial charge in [0, 0.05) is 25.2 Å². The fraction of sp³-hybridized carbons (Fsp3) is 0.345. The highest BCUT2D eigenvalue weighted by Crippen LogP contribution is 2.34. The van der Waals surface area contributed by atoms with Gasteiger partial charge in [-0.15, -0.1) is 0 Å². The zero-order valence-corrected chi connectivity index (χ0v) is 22.0. The van der Waals surface area contributed by atoms with Crippen LogP contribution in [0.4, 0.5) is 5.69 Å². The highest BCUT2D eigenvalue weighted by atomic mass is 32.2. The second kappa shape index (κ2) is 10.8. The maximum atomic E-state index is 13.7. The van der Waals surface area contributed by atoms with E-state index in [1.54, 1.807) is 36.4 Å². The van der Waals surface area contributed by atoms with Crippen LogP contribution in [0.25, 0.3) is 0 Å². The van der Waals surface area contributed by atoms with E-state index in [-0.39, 0.29) is 22.8 Å². The summed E-state index contributed by atoms with van der Waals surface area (Å²) >= 11 is 0. The number of hydrogen-bond donors (Lipinski definition) is 1. The Balaban J connectivity index is 1.61. The SMILES string of the molecule is Cc1ccc(S(=O)(=O)N(CC(=O)NCC2(c3ccccc3)CCOCC2)c2cc(C)cc(C)c2)cc1. The lowest BCUT2D eigenvalue weighted by atomic mass is 9.74. The zero-order chi connectivity index (χ0) is 25.8. The highest BCUT2D eigenvalue weighted by molar-refractivity contribution is 7.92. The third kappa shape index (κ3) is 5.79. The van der Waals surface area contributed by atoms with Crippen LogP contribution in [-0.4, -0.2) is 40.6 Å². The smallest absolute Gasteiger partial charge is 0.264 e. The number of sulfonamides is 1. The predicted octanol–water partition coefficient (Wildman–Crippen LogP) is 4.67. The van der Waals surface area contributed by atoms with Crippen LogP contribution >= 0.6 is 0 Å². The van der Waals surface area contributed by atoms with E-state index in [1.165, 1.54) is 4.31 Å². The summed E-state index contributed by atoms with van der Waals surface area (Å²) in [6, 6.07) is 22.4. The lowest BCUT2D eigenvalue weighted by Gasteiger charge is -2.38. The Morgan fingerprint density at radius 3 is 2.11 bits per heavy atom. The van der Waals surface area contributed by atoms with Crippen molar-refractivity contribution in [3.8, 4) is 0 Å². The molecular formula is C29H34N2O4S. The maximum Gasteiger partial charge on any atom is 0.264 e. The molecule has 0 radical (unpaired) electrons. The monoisotopic (exact) mass is 506 g/mol. The summed E-state index contributed by atoms with van der Waals surface area (Å²) in [6.07, 6.45) is 1.58. The number of carbonyl (C=O) groups is 1. The molecule has 0 unspecified atom stereocenters. The molecule has 1 amide bonds. The quantitative estimate of drug-likeness (QED) is 0.482. The van der Waals surface area contributed by atoms with Crippen molar-refractivity contribution in [2.24, 2.45) is 0 Å². The van der Waals surface area contributed by atoms with Crippen molar-refractivity contribution in [3.63, 3.8) is 0 Å². The summed E-state index contributed by atoms with van der Waals surface area (Å²) in [6.45, 7) is 7.11. The van der Waals surface area contributed by atoms with Crippen molar-refractivity contribution >= 4 is 21.6 Å². The van der Waals surface area contributed by atoms with Gasteiger partial charge < -0.3 is 10.1 Å². The average Bonchev–Trinajstić information content (AvgIpc) is 2.87. The molecule has 3 aromatic carbocycles. The van der Waals surface area contributed by atoms with Gasteiger partial charge in [-0.05, 0) is 74.6 Å². The standard InChI is InChI=1S/C29H34N2O4S/c1-22-9-11-27(12-10-22)36(33,34)31(26-18-23(2)17-24(3)19-26)20-28(32)30-21-29(13-15-35-16-14-29)25-7-5-4-6-8-25/h4-12,17-19H,13-16,20-21H2,1-3H3,(H,30,32). The van der Waals surface area contributed by atoms with E-state index in [2.05, 4.69) is 17.4 Å². The summed E-state index contributed by atoms with van der Waals surface area (Å²) in [4.78, 5) is 13.5. The Kier molecular flexibility index (Phi) is 7.81. The predicted molar refractivity (Wildman–Crippen MR) is 143 cm³/mol.